The fraction of sp³-hybridized carbons (Fsp3) is 0.636. The quantitative estimate of drug-likeness (QED) is 0.629. The van der Waals surface area contributed by atoms with Crippen LogP contribution in [-0.4, -0.2) is 21.4 Å². The first kappa shape index (κ1) is 13.5. The Morgan fingerprint density at radius 1 is 1.56 bits per heavy atom. The Morgan fingerprint density at radius 2 is 2.19 bits per heavy atom. The molecule has 5 heteroatoms. The predicted octanol–water partition coefficient (Wildman–Crippen LogP) is 2.39. The van der Waals surface area contributed by atoms with Gasteiger partial charge in [0.1, 0.15) is 12.1 Å². The highest BCUT2D eigenvalue weighted by molar-refractivity contribution is 14.1. The maximum Gasteiger partial charge on any atom is 0.328 e. The average Bonchev–Trinajstić information content (AvgIpc) is 2.43. The second-order valence-corrected chi connectivity index (χ2v) is 5.70. The highest BCUT2D eigenvalue weighted by atomic mass is 127. The summed E-state index contributed by atoms with van der Waals surface area (Å²) in [5.74, 6) is -0.248. The molecule has 0 atom stereocenters. The lowest BCUT2D eigenvalue weighted by Crippen LogP contribution is -2.27. The minimum absolute atomic E-state index is 0.184. The van der Waals surface area contributed by atoms with Crippen molar-refractivity contribution in [2.75, 3.05) is 0 Å². The molecular formula is C11H17IN2O2. The third kappa shape index (κ3) is 3.77. The zero-order chi connectivity index (χ0) is 12.3. The van der Waals surface area contributed by atoms with Crippen LogP contribution >= 0.6 is 22.6 Å². The van der Waals surface area contributed by atoms with Gasteiger partial charge in [0.2, 0.25) is 0 Å². The van der Waals surface area contributed by atoms with Gasteiger partial charge in [0, 0.05) is 0 Å². The van der Waals surface area contributed by atoms with Gasteiger partial charge >= 0.3 is 5.97 Å². The number of aromatic nitrogens is 2. The molecule has 16 heavy (non-hydrogen) atoms. The fourth-order valence-electron chi connectivity index (χ4n) is 1.37. The minimum atomic E-state index is -0.441. The van der Waals surface area contributed by atoms with Crippen molar-refractivity contribution in [1.82, 2.24) is 9.78 Å². The summed E-state index contributed by atoms with van der Waals surface area (Å²) in [5.41, 5.74) is 0.635. The predicted molar refractivity (Wildman–Crippen MR) is 70.2 cm³/mol. The molecule has 0 spiro atoms. The summed E-state index contributed by atoms with van der Waals surface area (Å²) >= 11 is 2.22. The van der Waals surface area contributed by atoms with Crippen LogP contribution in [0.15, 0.2) is 6.20 Å². The van der Waals surface area contributed by atoms with Crippen molar-refractivity contribution in [3.63, 3.8) is 0 Å². The van der Waals surface area contributed by atoms with Crippen molar-refractivity contribution in [2.24, 2.45) is 0 Å². The van der Waals surface area contributed by atoms with E-state index in [4.69, 9.17) is 4.74 Å². The second-order valence-electron chi connectivity index (χ2n) is 4.54. The Hall–Kier alpha value is -0.590. The number of halogens is 1. The summed E-state index contributed by atoms with van der Waals surface area (Å²) in [4.78, 5) is 11.6. The standard InChI is InChI=1S/C11H17IN2O2/c1-5-9-8(12)6-13-14(9)7-10(15)16-11(2,3)4/h6H,5,7H2,1-4H3. The first-order valence-corrected chi connectivity index (χ1v) is 6.33. The SMILES string of the molecule is CCc1c(I)cnn1CC(=O)OC(C)(C)C. The van der Waals surface area contributed by atoms with Gasteiger partial charge in [0.15, 0.2) is 0 Å². The topological polar surface area (TPSA) is 44.1 Å². The number of nitrogens with zero attached hydrogens (tertiary/aromatic N) is 2. The van der Waals surface area contributed by atoms with Gasteiger partial charge in [0.25, 0.3) is 0 Å². The minimum Gasteiger partial charge on any atom is -0.459 e. The molecule has 0 N–H and O–H groups in total. The van der Waals surface area contributed by atoms with E-state index in [9.17, 15) is 4.79 Å². The Bertz CT molecular complexity index is 380. The Balaban J connectivity index is 2.70. The van der Waals surface area contributed by atoms with E-state index < -0.39 is 5.60 Å². The van der Waals surface area contributed by atoms with Crippen LogP contribution < -0.4 is 0 Å². The molecule has 0 radical (unpaired) electrons. The molecule has 0 aromatic carbocycles. The zero-order valence-corrected chi connectivity index (χ0v) is 12.2. The molecule has 0 amide bonds. The van der Waals surface area contributed by atoms with Crippen molar-refractivity contribution in [1.29, 1.82) is 0 Å². The lowest BCUT2D eigenvalue weighted by Gasteiger charge is -2.19. The first-order valence-electron chi connectivity index (χ1n) is 5.25. The van der Waals surface area contributed by atoms with Crippen LogP contribution in [-0.2, 0) is 22.5 Å². The van der Waals surface area contributed by atoms with Gasteiger partial charge in [-0.15, -0.1) is 0 Å². The summed E-state index contributed by atoms with van der Waals surface area (Å²) in [6, 6.07) is 0. The first-order chi connectivity index (χ1) is 7.33. The summed E-state index contributed by atoms with van der Waals surface area (Å²) < 4.78 is 8.04. The third-order valence-electron chi connectivity index (χ3n) is 1.93. The molecule has 4 nitrogen and oxygen atoms in total. The number of rotatable bonds is 3. The van der Waals surface area contributed by atoms with Crippen molar-refractivity contribution < 1.29 is 9.53 Å². The maximum absolute atomic E-state index is 11.6. The Kier molecular flexibility index (Phi) is 4.35. The third-order valence-corrected chi connectivity index (χ3v) is 2.83. The lowest BCUT2D eigenvalue weighted by atomic mass is 10.2. The molecule has 90 valence electrons. The molecule has 0 fully saturated rings. The number of carbonyl (C=O) groups excluding carboxylic acids is 1. The maximum atomic E-state index is 11.6. The van der Waals surface area contributed by atoms with Crippen LogP contribution in [0.3, 0.4) is 0 Å². The van der Waals surface area contributed by atoms with Gasteiger partial charge in [-0.2, -0.15) is 5.10 Å². The van der Waals surface area contributed by atoms with E-state index in [1.165, 1.54) is 0 Å². The molecule has 1 aromatic heterocycles. The molecular weight excluding hydrogens is 319 g/mol. The molecule has 1 aromatic rings. The van der Waals surface area contributed by atoms with E-state index in [-0.39, 0.29) is 12.5 Å². The summed E-state index contributed by atoms with van der Waals surface area (Å²) in [6.07, 6.45) is 2.63. The smallest absolute Gasteiger partial charge is 0.328 e. The van der Waals surface area contributed by atoms with Crippen molar-refractivity contribution in [3.8, 4) is 0 Å². The molecule has 0 bridgehead atoms. The molecule has 0 aliphatic carbocycles. The van der Waals surface area contributed by atoms with Gasteiger partial charge in [-0.3, -0.25) is 9.48 Å². The van der Waals surface area contributed by atoms with Gasteiger partial charge in [-0.05, 0) is 49.8 Å². The molecule has 0 saturated carbocycles. The van der Waals surface area contributed by atoms with Crippen LogP contribution in [0.1, 0.15) is 33.4 Å². The molecule has 0 saturated heterocycles. The number of hydrogen-bond acceptors (Lipinski definition) is 3. The summed E-state index contributed by atoms with van der Waals surface area (Å²) in [6.45, 7) is 7.81. The number of carbonyl (C=O) groups is 1. The van der Waals surface area contributed by atoms with E-state index in [0.29, 0.717) is 0 Å². The fourth-order valence-corrected chi connectivity index (χ4v) is 2.16. The van der Waals surface area contributed by atoms with Crippen molar-refractivity contribution in [2.45, 2.75) is 46.3 Å². The van der Waals surface area contributed by atoms with Crippen molar-refractivity contribution >= 4 is 28.6 Å². The number of esters is 1. The molecule has 1 rings (SSSR count). The molecule has 0 unspecified atom stereocenters. The zero-order valence-electron chi connectivity index (χ0n) is 10.1. The highest BCUT2D eigenvalue weighted by Crippen LogP contribution is 2.13. The van der Waals surface area contributed by atoms with Crippen LogP contribution in [0.5, 0.6) is 0 Å². The van der Waals surface area contributed by atoms with Crippen molar-refractivity contribution in [3.05, 3.63) is 15.5 Å². The molecule has 0 aliphatic heterocycles. The van der Waals surface area contributed by atoms with Crippen LogP contribution in [0.25, 0.3) is 0 Å². The number of ether oxygens (including phenoxy) is 1. The normalized spacial score (nSPS) is 11.6. The Labute approximate surface area is 109 Å². The average molecular weight is 336 g/mol. The molecule has 0 aliphatic rings. The number of hydrogen-bond donors (Lipinski definition) is 0. The van der Waals surface area contributed by atoms with E-state index in [0.717, 1.165) is 15.7 Å². The largest absolute Gasteiger partial charge is 0.459 e. The van der Waals surface area contributed by atoms with Gasteiger partial charge in [0.05, 0.1) is 15.5 Å². The van der Waals surface area contributed by atoms with E-state index in [1.807, 2.05) is 27.7 Å². The lowest BCUT2D eigenvalue weighted by molar-refractivity contribution is -0.155. The van der Waals surface area contributed by atoms with Gasteiger partial charge in [-0.25, -0.2) is 0 Å². The van der Waals surface area contributed by atoms with Crippen LogP contribution in [0, 0.1) is 3.57 Å². The highest BCUT2D eigenvalue weighted by Gasteiger charge is 2.18. The van der Waals surface area contributed by atoms with E-state index in [2.05, 4.69) is 27.7 Å². The van der Waals surface area contributed by atoms with E-state index >= 15 is 0 Å². The second kappa shape index (κ2) is 5.16. The van der Waals surface area contributed by atoms with Crippen LogP contribution in [0.2, 0.25) is 0 Å². The molecule has 1 heterocycles. The Morgan fingerprint density at radius 3 is 2.69 bits per heavy atom. The van der Waals surface area contributed by atoms with Gasteiger partial charge < -0.3 is 4.74 Å². The summed E-state index contributed by atoms with van der Waals surface area (Å²) in [5, 5.41) is 4.16. The van der Waals surface area contributed by atoms with Crippen LogP contribution in [0.4, 0.5) is 0 Å². The summed E-state index contributed by atoms with van der Waals surface area (Å²) in [7, 11) is 0. The van der Waals surface area contributed by atoms with Gasteiger partial charge in [-0.1, -0.05) is 6.92 Å². The monoisotopic (exact) mass is 336 g/mol. The van der Waals surface area contributed by atoms with E-state index in [1.54, 1.807) is 10.9 Å².